The molecule has 0 aliphatic carbocycles. The molecular formula is C12H16N2O7. The second kappa shape index (κ2) is 6.20. The molecule has 4 atom stereocenters. The van der Waals surface area contributed by atoms with Crippen molar-refractivity contribution in [2.45, 2.75) is 37.9 Å². The number of esters is 1. The minimum atomic E-state index is -1.39. The zero-order valence-corrected chi connectivity index (χ0v) is 11.3. The summed E-state index contributed by atoms with van der Waals surface area (Å²) in [6.07, 6.45) is -3.51. The Morgan fingerprint density at radius 2 is 2.14 bits per heavy atom. The average molecular weight is 300 g/mol. The SMILES string of the molecule is CCC(=O)OC[C@H]1O[C@@H](n2ccc(=O)[nH]c2=O)[C@H](O)[C@@H]1O. The highest BCUT2D eigenvalue weighted by Crippen LogP contribution is 2.28. The number of aliphatic hydroxyl groups excluding tert-OH is 2. The third-order valence-corrected chi connectivity index (χ3v) is 3.16. The fraction of sp³-hybridized carbons (Fsp3) is 0.583. The lowest BCUT2D eigenvalue weighted by atomic mass is 10.1. The Morgan fingerprint density at radius 3 is 2.76 bits per heavy atom. The Morgan fingerprint density at radius 1 is 1.43 bits per heavy atom. The molecule has 0 unspecified atom stereocenters. The van der Waals surface area contributed by atoms with E-state index in [4.69, 9.17) is 9.47 Å². The molecule has 0 saturated carbocycles. The summed E-state index contributed by atoms with van der Waals surface area (Å²) in [5.74, 6) is -0.468. The van der Waals surface area contributed by atoms with E-state index in [2.05, 4.69) is 0 Å². The summed E-state index contributed by atoms with van der Waals surface area (Å²) < 4.78 is 11.2. The zero-order chi connectivity index (χ0) is 15.6. The first-order valence-electron chi connectivity index (χ1n) is 6.42. The van der Waals surface area contributed by atoms with Gasteiger partial charge in [0.25, 0.3) is 5.56 Å². The molecule has 116 valence electrons. The van der Waals surface area contributed by atoms with Gasteiger partial charge in [-0.15, -0.1) is 0 Å². The topological polar surface area (TPSA) is 131 Å². The lowest BCUT2D eigenvalue weighted by Gasteiger charge is -2.16. The Bertz CT molecular complexity index is 623. The summed E-state index contributed by atoms with van der Waals surface area (Å²) in [4.78, 5) is 35.7. The average Bonchev–Trinajstić information content (AvgIpc) is 2.73. The van der Waals surface area contributed by atoms with Crippen molar-refractivity contribution >= 4 is 5.97 Å². The molecule has 0 aromatic carbocycles. The van der Waals surface area contributed by atoms with Crippen molar-refractivity contribution in [3.8, 4) is 0 Å². The lowest BCUT2D eigenvalue weighted by Crippen LogP contribution is -2.37. The quantitative estimate of drug-likeness (QED) is 0.554. The van der Waals surface area contributed by atoms with Gasteiger partial charge in [-0.05, 0) is 0 Å². The van der Waals surface area contributed by atoms with Gasteiger partial charge in [0.1, 0.15) is 24.9 Å². The molecule has 1 saturated heterocycles. The van der Waals surface area contributed by atoms with E-state index in [0.717, 1.165) is 16.8 Å². The standard InChI is InChI=1S/C12H16N2O7/c1-2-8(16)20-5-6-9(17)10(18)11(21-6)14-4-3-7(15)13-12(14)19/h3-4,6,9-11,17-18H,2,5H2,1H3,(H,13,15,19)/t6-,9-,10-,11-/m1/s1. The van der Waals surface area contributed by atoms with Crippen LogP contribution >= 0.6 is 0 Å². The molecule has 1 aromatic heterocycles. The molecule has 3 N–H and O–H groups in total. The van der Waals surface area contributed by atoms with E-state index in [1.54, 1.807) is 6.92 Å². The molecule has 1 aromatic rings. The van der Waals surface area contributed by atoms with Crippen LogP contribution in [0.15, 0.2) is 21.9 Å². The van der Waals surface area contributed by atoms with Crippen molar-refractivity contribution in [3.05, 3.63) is 33.1 Å². The largest absolute Gasteiger partial charge is 0.463 e. The van der Waals surface area contributed by atoms with Gasteiger partial charge in [0.2, 0.25) is 0 Å². The first-order valence-corrected chi connectivity index (χ1v) is 6.42. The number of aromatic amines is 1. The number of rotatable bonds is 4. The number of hydrogen-bond acceptors (Lipinski definition) is 7. The minimum absolute atomic E-state index is 0.175. The van der Waals surface area contributed by atoms with E-state index in [0.29, 0.717) is 0 Å². The normalized spacial score (nSPS) is 28.5. The molecule has 9 nitrogen and oxygen atoms in total. The number of carbonyl (C=O) groups is 1. The van der Waals surface area contributed by atoms with Crippen LogP contribution in [0.5, 0.6) is 0 Å². The number of nitrogens with zero attached hydrogens (tertiary/aromatic N) is 1. The highest BCUT2D eigenvalue weighted by atomic mass is 16.6. The van der Waals surface area contributed by atoms with E-state index >= 15 is 0 Å². The van der Waals surface area contributed by atoms with Gasteiger partial charge in [-0.2, -0.15) is 0 Å². The maximum Gasteiger partial charge on any atom is 0.330 e. The van der Waals surface area contributed by atoms with E-state index in [-0.39, 0.29) is 13.0 Å². The number of ether oxygens (including phenoxy) is 2. The zero-order valence-electron chi connectivity index (χ0n) is 11.3. The number of aromatic nitrogens is 2. The molecule has 0 spiro atoms. The number of carbonyl (C=O) groups excluding carboxylic acids is 1. The Balaban J connectivity index is 2.14. The third kappa shape index (κ3) is 3.20. The lowest BCUT2D eigenvalue weighted by molar-refractivity contribution is -0.149. The predicted octanol–water partition coefficient (Wildman–Crippen LogP) is -1.89. The highest BCUT2D eigenvalue weighted by molar-refractivity contribution is 5.68. The molecule has 0 amide bonds. The molecule has 1 fully saturated rings. The van der Waals surface area contributed by atoms with Crippen molar-refractivity contribution in [2.75, 3.05) is 6.61 Å². The second-order valence-corrected chi connectivity index (χ2v) is 4.60. The van der Waals surface area contributed by atoms with Crippen molar-refractivity contribution in [1.29, 1.82) is 0 Å². The van der Waals surface area contributed by atoms with Gasteiger partial charge >= 0.3 is 11.7 Å². The monoisotopic (exact) mass is 300 g/mol. The van der Waals surface area contributed by atoms with Crippen molar-refractivity contribution < 1.29 is 24.5 Å². The van der Waals surface area contributed by atoms with Crippen molar-refractivity contribution in [1.82, 2.24) is 9.55 Å². The molecule has 0 bridgehead atoms. The van der Waals surface area contributed by atoms with Gasteiger partial charge in [-0.25, -0.2) is 4.79 Å². The van der Waals surface area contributed by atoms with Crippen LogP contribution in [0.25, 0.3) is 0 Å². The molecule has 9 heteroatoms. The summed E-state index contributed by atoms with van der Waals surface area (Å²) in [6, 6.07) is 1.09. The smallest absolute Gasteiger partial charge is 0.330 e. The van der Waals surface area contributed by atoms with Crippen LogP contribution < -0.4 is 11.2 Å². The van der Waals surface area contributed by atoms with Crippen LogP contribution in [0.2, 0.25) is 0 Å². The fourth-order valence-corrected chi connectivity index (χ4v) is 2.00. The Labute approximate surface area is 118 Å². The van der Waals surface area contributed by atoms with Crippen LogP contribution in [0.1, 0.15) is 19.6 Å². The van der Waals surface area contributed by atoms with Crippen LogP contribution in [0.3, 0.4) is 0 Å². The fourth-order valence-electron chi connectivity index (χ4n) is 2.00. The summed E-state index contributed by atoms with van der Waals surface area (Å²) in [5, 5.41) is 19.8. The molecule has 21 heavy (non-hydrogen) atoms. The molecule has 2 rings (SSSR count). The molecule has 1 aliphatic heterocycles. The number of hydrogen-bond donors (Lipinski definition) is 3. The first kappa shape index (κ1) is 15.4. The number of H-pyrrole nitrogens is 1. The van der Waals surface area contributed by atoms with E-state index in [1.165, 1.54) is 0 Å². The van der Waals surface area contributed by atoms with Gasteiger partial charge in [-0.3, -0.25) is 19.1 Å². The molecule has 0 radical (unpaired) electrons. The van der Waals surface area contributed by atoms with Crippen molar-refractivity contribution in [3.63, 3.8) is 0 Å². The third-order valence-electron chi connectivity index (χ3n) is 3.16. The van der Waals surface area contributed by atoms with Gasteiger partial charge in [0.15, 0.2) is 6.23 Å². The predicted molar refractivity (Wildman–Crippen MR) is 68.5 cm³/mol. The summed E-state index contributed by atoms with van der Waals surface area (Å²) >= 11 is 0. The summed E-state index contributed by atoms with van der Waals surface area (Å²) in [7, 11) is 0. The second-order valence-electron chi connectivity index (χ2n) is 4.60. The molecule has 1 aliphatic rings. The van der Waals surface area contributed by atoms with Crippen LogP contribution in [0, 0.1) is 0 Å². The molecular weight excluding hydrogens is 284 g/mol. The summed E-state index contributed by atoms with van der Waals surface area (Å²) in [6.45, 7) is 1.38. The van der Waals surface area contributed by atoms with Crippen LogP contribution in [-0.4, -0.2) is 50.7 Å². The van der Waals surface area contributed by atoms with Gasteiger partial charge in [0.05, 0.1) is 0 Å². The summed E-state index contributed by atoms with van der Waals surface area (Å²) in [5.41, 5.74) is -1.36. The molecule has 2 heterocycles. The van der Waals surface area contributed by atoms with Gasteiger partial charge in [-0.1, -0.05) is 6.92 Å². The van der Waals surface area contributed by atoms with Crippen LogP contribution in [0.4, 0.5) is 0 Å². The first-order chi connectivity index (χ1) is 9.93. The maximum absolute atomic E-state index is 11.6. The maximum atomic E-state index is 11.6. The number of nitrogens with one attached hydrogen (secondary N) is 1. The highest BCUT2D eigenvalue weighted by Gasteiger charge is 2.44. The van der Waals surface area contributed by atoms with E-state index in [9.17, 15) is 24.6 Å². The van der Waals surface area contributed by atoms with Crippen molar-refractivity contribution in [2.24, 2.45) is 0 Å². The number of aliphatic hydroxyl groups is 2. The minimum Gasteiger partial charge on any atom is -0.463 e. The van der Waals surface area contributed by atoms with E-state index < -0.39 is 41.8 Å². The van der Waals surface area contributed by atoms with Gasteiger partial charge < -0.3 is 19.7 Å². The van der Waals surface area contributed by atoms with Gasteiger partial charge in [0, 0.05) is 18.7 Å². The Hall–Kier alpha value is -1.97. The van der Waals surface area contributed by atoms with E-state index in [1.807, 2.05) is 4.98 Å². The van der Waals surface area contributed by atoms with Crippen LogP contribution in [-0.2, 0) is 14.3 Å². The Kier molecular flexibility index (Phi) is 4.56.